The van der Waals surface area contributed by atoms with Gasteiger partial charge in [-0.25, -0.2) is 4.79 Å². The Morgan fingerprint density at radius 3 is 2.52 bits per heavy atom. The first-order chi connectivity index (χ1) is 14.9. The summed E-state index contributed by atoms with van der Waals surface area (Å²) in [7, 11) is 1.52. The van der Waals surface area contributed by atoms with Gasteiger partial charge in [-0.1, -0.05) is 30.3 Å². The predicted octanol–water partition coefficient (Wildman–Crippen LogP) is 5.52. The summed E-state index contributed by atoms with van der Waals surface area (Å²) in [5.74, 6) is -0.901. The molecule has 1 saturated carbocycles. The van der Waals surface area contributed by atoms with Gasteiger partial charge in [0, 0.05) is 11.6 Å². The number of halogens is 1. The molecule has 2 aromatic carbocycles. The van der Waals surface area contributed by atoms with Crippen LogP contribution in [-0.2, 0) is 14.9 Å². The first-order valence-electron chi connectivity index (χ1n) is 9.89. The van der Waals surface area contributed by atoms with Crippen molar-refractivity contribution in [2.75, 3.05) is 13.7 Å². The Morgan fingerprint density at radius 2 is 1.87 bits per heavy atom. The zero-order valence-corrected chi connectivity index (χ0v) is 17.9. The van der Waals surface area contributed by atoms with Crippen molar-refractivity contribution in [3.63, 3.8) is 0 Å². The van der Waals surface area contributed by atoms with E-state index in [0.717, 1.165) is 46.9 Å². The summed E-state index contributed by atoms with van der Waals surface area (Å²) in [6.45, 7) is 2.12. The molecule has 1 aliphatic rings. The van der Waals surface area contributed by atoms with E-state index >= 15 is 0 Å². The average Bonchev–Trinajstić information content (AvgIpc) is 3.49. The molecule has 31 heavy (non-hydrogen) atoms. The Kier molecular flexibility index (Phi) is 5.54. The maximum Gasteiger partial charge on any atom is 0.337 e. The molecule has 0 amide bonds. The second kappa shape index (κ2) is 8.15. The third kappa shape index (κ3) is 3.70. The molecule has 7 heteroatoms. The van der Waals surface area contributed by atoms with Gasteiger partial charge in [0.15, 0.2) is 5.13 Å². The van der Waals surface area contributed by atoms with E-state index in [-0.39, 0.29) is 11.5 Å². The van der Waals surface area contributed by atoms with E-state index in [2.05, 4.69) is 0 Å². The molecule has 0 bridgehead atoms. The summed E-state index contributed by atoms with van der Waals surface area (Å²) >= 11 is 0.779. The standard InChI is InChI=1S/C24H21FO5S/c1-3-30-23(28)24(10-11-24)18-7-5-4-6-15(18)16-9-8-14(12-19(16)29-2)21-17(22(26)27)13-20(25)31-21/h4-9,12-13H,3,10-11H2,1-2H3,(H,26,27). The van der Waals surface area contributed by atoms with Crippen LogP contribution in [0.2, 0.25) is 0 Å². The van der Waals surface area contributed by atoms with Crippen LogP contribution < -0.4 is 4.74 Å². The predicted molar refractivity (Wildman–Crippen MR) is 116 cm³/mol. The van der Waals surface area contributed by atoms with Crippen molar-refractivity contribution in [1.82, 2.24) is 0 Å². The van der Waals surface area contributed by atoms with Crippen molar-refractivity contribution < 1.29 is 28.6 Å². The van der Waals surface area contributed by atoms with Crippen LogP contribution in [0.1, 0.15) is 35.7 Å². The van der Waals surface area contributed by atoms with Crippen LogP contribution in [0.25, 0.3) is 21.6 Å². The van der Waals surface area contributed by atoms with Gasteiger partial charge in [0.05, 0.1) is 29.6 Å². The SMILES string of the molecule is CCOC(=O)C1(c2ccccc2-c2ccc(-c3sc(F)cc3C(=O)O)cc2OC)CC1. The monoisotopic (exact) mass is 440 g/mol. The number of carboxylic acids is 1. The maximum absolute atomic E-state index is 13.8. The van der Waals surface area contributed by atoms with E-state index in [9.17, 15) is 19.1 Å². The highest BCUT2D eigenvalue weighted by Crippen LogP contribution is 2.53. The molecule has 1 fully saturated rings. The first-order valence-corrected chi connectivity index (χ1v) is 10.7. The molecule has 1 N–H and O–H groups in total. The summed E-state index contributed by atoms with van der Waals surface area (Å²) in [4.78, 5) is 24.5. The van der Waals surface area contributed by atoms with Gasteiger partial charge >= 0.3 is 11.9 Å². The zero-order chi connectivity index (χ0) is 22.2. The van der Waals surface area contributed by atoms with Gasteiger partial charge in [0.25, 0.3) is 0 Å². The van der Waals surface area contributed by atoms with Gasteiger partial charge in [-0.05, 0) is 48.6 Å². The molecule has 0 unspecified atom stereocenters. The molecule has 160 valence electrons. The lowest BCUT2D eigenvalue weighted by atomic mass is 9.87. The number of ether oxygens (including phenoxy) is 2. The molecule has 0 spiro atoms. The second-order valence-corrected chi connectivity index (χ2v) is 8.36. The van der Waals surface area contributed by atoms with Crippen LogP contribution in [0.15, 0.2) is 48.5 Å². The molecule has 1 heterocycles. The lowest BCUT2D eigenvalue weighted by Crippen LogP contribution is -2.24. The third-order valence-electron chi connectivity index (χ3n) is 5.55. The zero-order valence-electron chi connectivity index (χ0n) is 17.1. The molecule has 3 aromatic rings. The maximum atomic E-state index is 13.8. The Morgan fingerprint density at radius 1 is 1.13 bits per heavy atom. The van der Waals surface area contributed by atoms with Crippen LogP contribution in [0, 0.1) is 5.13 Å². The smallest absolute Gasteiger partial charge is 0.337 e. The van der Waals surface area contributed by atoms with Crippen LogP contribution in [0.5, 0.6) is 5.75 Å². The summed E-state index contributed by atoms with van der Waals surface area (Å²) < 4.78 is 24.7. The minimum absolute atomic E-state index is 0.0862. The molecule has 0 radical (unpaired) electrons. The normalized spacial score (nSPS) is 14.2. The van der Waals surface area contributed by atoms with E-state index in [1.54, 1.807) is 19.1 Å². The highest BCUT2D eigenvalue weighted by Gasteiger charge is 2.53. The average molecular weight is 440 g/mol. The van der Waals surface area contributed by atoms with E-state index in [0.29, 0.717) is 22.8 Å². The number of thiophene rings is 1. The largest absolute Gasteiger partial charge is 0.496 e. The fraction of sp³-hybridized carbons (Fsp3) is 0.250. The molecule has 1 aliphatic carbocycles. The molecule has 0 saturated heterocycles. The number of carbonyl (C=O) groups excluding carboxylic acids is 1. The van der Waals surface area contributed by atoms with E-state index < -0.39 is 16.5 Å². The quantitative estimate of drug-likeness (QED) is 0.490. The van der Waals surface area contributed by atoms with Gasteiger partial charge in [-0.2, -0.15) is 4.39 Å². The summed E-state index contributed by atoms with van der Waals surface area (Å²) in [5.41, 5.74) is 2.32. The molecule has 5 nitrogen and oxygen atoms in total. The minimum atomic E-state index is -1.19. The molecule has 0 atom stereocenters. The summed E-state index contributed by atoms with van der Waals surface area (Å²) in [6, 6.07) is 13.9. The Labute approximate surface area is 183 Å². The number of benzene rings is 2. The van der Waals surface area contributed by atoms with Crippen molar-refractivity contribution in [2.45, 2.75) is 25.2 Å². The molecular weight excluding hydrogens is 419 g/mol. The number of hydrogen-bond donors (Lipinski definition) is 1. The fourth-order valence-corrected chi connectivity index (χ4v) is 4.77. The molecule has 4 rings (SSSR count). The highest BCUT2D eigenvalue weighted by molar-refractivity contribution is 7.14. The summed E-state index contributed by atoms with van der Waals surface area (Å²) in [5, 5.41) is 8.83. The number of hydrogen-bond acceptors (Lipinski definition) is 5. The van der Waals surface area contributed by atoms with Gasteiger partial charge in [0.2, 0.25) is 0 Å². The number of esters is 1. The van der Waals surface area contributed by atoms with Gasteiger partial charge in [-0.3, -0.25) is 4.79 Å². The molecule has 0 aliphatic heterocycles. The number of carbonyl (C=O) groups is 2. The van der Waals surface area contributed by atoms with E-state index in [1.807, 2.05) is 30.3 Å². The Hall–Kier alpha value is -3.19. The topological polar surface area (TPSA) is 72.8 Å². The lowest BCUT2D eigenvalue weighted by molar-refractivity contribution is -0.146. The highest BCUT2D eigenvalue weighted by atomic mass is 32.1. The van der Waals surface area contributed by atoms with Gasteiger partial charge in [-0.15, -0.1) is 11.3 Å². The molecule has 1 aromatic heterocycles. The van der Waals surface area contributed by atoms with Crippen LogP contribution in [0.4, 0.5) is 4.39 Å². The van der Waals surface area contributed by atoms with Gasteiger partial charge in [0.1, 0.15) is 5.75 Å². The van der Waals surface area contributed by atoms with Crippen molar-refractivity contribution in [3.8, 4) is 27.3 Å². The van der Waals surface area contributed by atoms with Crippen LogP contribution in [-0.4, -0.2) is 30.8 Å². The first kappa shape index (κ1) is 21.1. The van der Waals surface area contributed by atoms with Crippen molar-refractivity contribution >= 4 is 23.3 Å². The number of aromatic carboxylic acids is 1. The second-order valence-electron chi connectivity index (χ2n) is 7.36. The van der Waals surface area contributed by atoms with Gasteiger partial charge < -0.3 is 14.6 Å². The van der Waals surface area contributed by atoms with E-state index in [1.165, 1.54) is 7.11 Å². The summed E-state index contributed by atoms with van der Waals surface area (Å²) in [6.07, 6.45) is 1.44. The lowest BCUT2D eigenvalue weighted by Gasteiger charge is -2.20. The number of rotatable bonds is 7. The Balaban J connectivity index is 1.81. The van der Waals surface area contributed by atoms with Crippen molar-refractivity contribution in [3.05, 3.63) is 64.8 Å². The van der Waals surface area contributed by atoms with Crippen molar-refractivity contribution in [2.24, 2.45) is 0 Å². The Bertz CT molecular complexity index is 1160. The third-order valence-corrected chi connectivity index (χ3v) is 6.52. The van der Waals surface area contributed by atoms with Crippen LogP contribution in [0.3, 0.4) is 0 Å². The number of carboxylic acid groups (broad SMARTS) is 1. The van der Waals surface area contributed by atoms with Crippen LogP contribution >= 0.6 is 11.3 Å². The van der Waals surface area contributed by atoms with E-state index in [4.69, 9.17) is 9.47 Å². The number of methoxy groups -OCH3 is 1. The molecular formula is C24H21FO5S. The van der Waals surface area contributed by atoms with Crippen molar-refractivity contribution in [1.29, 1.82) is 0 Å². The fourth-order valence-electron chi connectivity index (χ4n) is 3.90. The minimum Gasteiger partial charge on any atom is -0.496 e.